The smallest absolute Gasteiger partial charge is 0.330 e. The van der Waals surface area contributed by atoms with Crippen molar-refractivity contribution in [2.75, 3.05) is 52.9 Å². The molecule has 0 heterocycles. The number of rotatable bonds is 20. The van der Waals surface area contributed by atoms with E-state index in [4.69, 9.17) is 28.4 Å². The third-order valence-corrected chi connectivity index (χ3v) is 4.59. The van der Waals surface area contributed by atoms with Crippen LogP contribution in [-0.4, -0.2) is 87.8 Å². The molecule has 1 N–H and O–H groups in total. The van der Waals surface area contributed by atoms with E-state index >= 15 is 0 Å². The van der Waals surface area contributed by atoms with Crippen LogP contribution in [0, 0.1) is 10.8 Å². The molecule has 204 valence electrons. The van der Waals surface area contributed by atoms with Crippen LogP contribution in [0.15, 0.2) is 63.3 Å². The van der Waals surface area contributed by atoms with Crippen LogP contribution < -0.4 is 0 Å². The lowest BCUT2D eigenvalue weighted by molar-refractivity contribution is -0.166. The van der Waals surface area contributed by atoms with Crippen LogP contribution in [-0.2, 0) is 52.4 Å². The topological polar surface area (TPSA) is 161 Å². The summed E-state index contributed by atoms with van der Waals surface area (Å²) in [7, 11) is 0. The van der Waals surface area contributed by atoms with E-state index in [1.165, 1.54) is 0 Å². The van der Waals surface area contributed by atoms with Crippen molar-refractivity contribution in [3.05, 3.63) is 63.3 Å². The Kier molecular flexibility index (Phi) is 15.5. The Hall–Kier alpha value is -4.03. The molecule has 0 aromatic rings. The van der Waals surface area contributed by atoms with E-state index in [-0.39, 0.29) is 13.2 Å². The van der Waals surface area contributed by atoms with Gasteiger partial charge in [0.25, 0.3) is 0 Å². The maximum atomic E-state index is 11.7. The highest BCUT2D eigenvalue weighted by Crippen LogP contribution is 2.25. The zero-order valence-electron chi connectivity index (χ0n) is 20.5. The lowest BCUT2D eigenvalue weighted by Gasteiger charge is -2.34. The maximum Gasteiger partial charge on any atom is 0.330 e. The fraction of sp³-hybridized carbons (Fsp3) is 0.400. The summed E-state index contributed by atoms with van der Waals surface area (Å²) in [5.41, 5.74) is -2.87. The number of hydrogen-bond acceptors (Lipinski definition) is 12. The summed E-state index contributed by atoms with van der Waals surface area (Å²) in [4.78, 5) is 58.3. The van der Waals surface area contributed by atoms with Gasteiger partial charge in [-0.1, -0.05) is 32.9 Å². The Bertz CT molecular complexity index is 789. The molecule has 0 spiro atoms. The second-order valence-corrected chi connectivity index (χ2v) is 7.71. The highest BCUT2D eigenvalue weighted by atomic mass is 16.6. The molecule has 0 aromatic carbocycles. The van der Waals surface area contributed by atoms with Crippen LogP contribution in [0.2, 0.25) is 0 Å². The minimum Gasteiger partial charge on any atom is -0.462 e. The molecule has 12 nitrogen and oxygen atoms in total. The van der Waals surface area contributed by atoms with Crippen LogP contribution in [0.3, 0.4) is 0 Å². The number of carbonyl (C=O) groups is 5. The van der Waals surface area contributed by atoms with Gasteiger partial charge in [0.15, 0.2) is 0 Å². The number of carbonyl (C=O) groups excluding carboxylic acids is 5. The van der Waals surface area contributed by atoms with E-state index in [0.717, 1.165) is 30.4 Å². The quantitative estimate of drug-likeness (QED) is 0.134. The predicted octanol–water partition coefficient (Wildman–Crippen LogP) is 0.614. The predicted molar refractivity (Wildman–Crippen MR) is 129 cm³/mol. The van der Waals surface area contributed by atoms with E-state index in [1.807, 2.05) is 0 Å². The normalized spacial score (nSPS) is 10.7. The first-order valence-electron chi connectivity index (χ1n) is 10.7. The van der Waals surface area contributed by atoms with E-state index in [9.17, 15) is 29.1 Å². The van der Waals surface area contributed by atoms with Gasteiger partial charge in [-0.2, -0.15) is 0 Å². The van der Waals surface area contributed by atoms with Gasteiger partial charge in [0.1, 0.15) is 33.0 Å². The van der Waals surface area contributed by atoms with Crippen molar-refractivity contribution in [2.45, 2.75) is 0 Å². The Morgan fingerprint density at radius 2 is 0.730 bits per heavy atom. The fourth-order valence-corrected chi connectivity index (χ4v) is 2.41. The lowest BCUT2D eigenvalue weighted by Crippen LogP contribution is -2.46. The minimum atomic E-state index is -1.44. The summed E-state index contributed by atoms with van der Waals surface area (Å²) >= 11 is 0. The number of ether oxygens (including phenoxy) is 6. The number of esters is 5. The molecule has 0 unspecified atom stereocenters. The third-order valence-electron chi connectivity index (χ3n) is 4.59. The second-order valence-electron chi connectivity index (χ2n) is 7.71. The van der Waals surface area contributed by atoms with Crippen molar-refractivity contribution in [3.63, 3.8) is 0 Å². The summed E-state index contributed by atoms with van der Waals surface area (Å²) in [5, 5.41) is 10.0. The van der Waals surface area contributed by atoms with Crippen LogP contribution in [0.25, 0.3) is 0 Å². The summed E-state index contributed by atoms with van der Waals surface area (Å²) in [5.74, 6) is -4.04. The molecule has 37 heavy (non-hydrogen) atoms. The average molecular weight is 525 g/mol. The highest BCUT2D eigenvalue weighted by Gasteiger charge is 2.39. The SMILES string of the molecule is C=CC(=O)OCC(CO)(COCC(COC(=O)C=C)(COC(=O)C=C)COC(=O)C=C)COC(=O)C=C. The van der Waals surface area contributed by atoms with Gasteiger partial charge in [-0.25, -0.2) is 24.0 Å². The second kappa shape index (κ2) is 17.4. The molecule has 0 radical (unpaired) electrons. The van der Waals surface area contributed by atoms with Gasteiger partial charge in [-0.15, -0.1) is 0 Å². The fourth-order valence-electron chi connectivity index (χ4n) is 2.41. The molecule has 0 atom stereocenters. The van der Waals surface area contributed by atoms with E-state index in [0.29, 0.717) is 0 Å². The molecule has 0 amide bonds. The summed E-state index contributed by atoms with van der Waals surface area (Å²) in [6.07, 6.45) is 4.50. The summed E-state index contributed by atoms with van der Waals surface area (Å²) in [6.45, 7) is 12.8. The van der Waals surface area contributed by atoms with Gasteiger partial charge in [0.05, 0.1) is 30.7 Å². The van der Waals surface area contributed by atoms with Crippen LogP contribution in [0.1, 0.15) is 0 Å². The Morgan fingerprint density at radius 1 is 0.486 bits per heavy atom. The van der Waals surface area contributed by atoms with Crippen LogP contribution in [0.5, 0.6) is 0 Å². The van der Waals surface area contributed by atoms with Crippen LogP contribution >= 0.6 is 0 Å². The zero-order valence-corrected chi connectivity index (χ0v) is 20.5. The van der Waals surface area contributed by atoms with E-state index in [1.54, 1.807) is 0 Å². The van der Waals surface area contributed by atoms with Crippen molar-refractivity contribution in [1.82, 2.24) is 0 Å². The summed E-state index contributed by atoms with van der Waals surface area (Å²) < 4.78 is 31.1. The highest BCUT2D eigenvalue weighted by molar-refractivity contribution is 5.82. The van der Waals surface area contributed by atoms with Crippen molar-refractivity contribution >= 4 is 29.8 Å². The number of aliphatic hydroxyl groups is 1. The van der Waals surface area contributed by atoms with Crippen LogP contribution in [0.4, 0.5) is 0 Å². The van der Waals surface area contributed by atoms with Crippen molar-refractivity contribution in [3.8, 4) is 0 Å². The molecule has 0 saturated heterocycles. The van der Waals surface area contributed by atoms with Crippen molar-refractivity contribution in [2.24, 2.45) is 10.8 Å². The monoisotopic (exact) mass is 524 g/mol. The average Bonchev–Trinajstić information content (AvgIpc) is 2.93. The Balaban J connectivity index is 5.92. The van der Waals surface area contributed by atoms with Gasteiger partial charge in [-0.3, -0.25) is 0 Å². The minimum absolute atomic E-state index is 0.375. The zero-order chi connectivity index (χ0) is 28.3. The lowest BCUT2D eigenvalue weighted by atomic mass is 9.90. The van der Waals surface area contributed by atoms with Gasteiger partial charge < -0.3 is 33.5 Å². The molecule has 0 rings (SSSR count). The Morgan fingerprint density at radius 3 is 0.973 bits per heavy atom. The first kappa shape index (κ1) is 33.0. The van der Waals surface area contributed by atoms with Gasteiger partial charge >= 0.3 is 29.8 Å². The molecule has 0 fully saturated rings. The number of aliphatic hydroxyl groups excluding tert-OH is 1. The molecule has 0 aliphatic heterocycles. The van der Waals surface area contributed by atoms with E-state index in [2.05, 4.69) is 32.9 Å². The maximum absolute atomic E-state index is 11.7. The standard InChI is InChI=1S/C25H32O12/c1-6-19(27)33-14-24(11-26,15-34-20(28)7-2)12-32-13-25(16-35-21(29)8-3,17-36-22(30)9-4)18-37-23(31)10-5/h6-10,26H,1-5,11-18H2. The van der Waals surface area contributed by atoms with Gasteiger partial charge in [-0.05, 0) is 0 Å². The van der Waals surface area contributed by atoms with Crippen molar-refractivity contribution in [1.29, 1.82) is 0 Å². The Labute approximate surface area is 214 Å². The largest absolute Gasteiger partial charge is 0.462 e. The van der Waals surface area contributed by atoms with Gasteiger partial charge in [0, 0.05) is 30.4 Å². The molecular weight excluding hydrogens is 492 g/mol. The first-order chi connectivity index (χ1) is 17.5. The summed E-state index contributed by atoms with van der Waals surface area (Å²) in [6, 6.07) is 0. The first-order valence-corrected chi connectivity index (χ1v) is 10.7. The molecule has 12 heteroatoms. The van der Waals surface area contributed by atoms with Crippen molar-refractivity contribution < 1.29 is 57.5 Å². The third kappa shape index (κ3) is 13.0. The molecule has 0 aliphatic carbocycles. The van der Waals surface area contributed by atoms with Gasteiger partial charge in [0.2, 0.25) is 0 Å². The molecule has 0 saturated carbocycles. The molecular formula is C25H32O12. The van der Waals surface area contributed by atoms with E-state index < -0.39 is 80.3 Å². The molecule has 0 aromatic heterocycles. The molecule has 0 aliphatic rings. The molecule has 0 bridgehead atoms. The number of hydrogen-bond donors (Lipinski definition) is 1.